The Morgan fingerprint density at radius 1 is 1.10 bits per heavy atom. The Morgan fingerprint density at radius 3 is 2.29 bits per heavy atom. The highest BCUT2D eigenvalue weighted by atomic mass is 16.6. The summed E-state index contributed by atoms with van der Waals surface area (Å²) >= 11 is 0. The smallest absolute Gasteiger partial charge is 0.336 e. The van der Waals surface area contributed by atoms with E-state index in [2.05, 4.69) is 0 Å². The molecule has 0 saturated heterocycles. The van der Waals surface area contributed by atoms with Gasteiger partial charge in [-0.05, 0) is 42.8 Å². The Morgan fingerprint density at radius 2 is 1.71 bits per heavy atom. The second-order valence-electron chi connectivity index (χ2n) is 4.42. The van der Waals surface area contributed by atoms with E-state index in [4.69, 9.17) is 4.74 Å². The molecule has 0 saturated carbocycles. The van der Waals surface area contributed by atoms with Gasteiger partial charge < -0.3 is 4.74 Å². The van der Waals surface area contributed by atoms with Crippen molar-refractivity contribution in [2.75, 3.05) is 0 Å². The summed E-state index contributed by atoms with van der Waals surface area (Å²) in [5.41, 5.74) is 1.77. The van der Waals surface area contributed by atoms with Crippen LogP contribution in [0.3, 0.4) is 0 Å². The van der Waals surface area contributed by atoms with E-state index in [1.807, 2.05) is 19.1 Å². The van der Waals surface area contributed by atoms with Crippen LogP contribution in [0.2, 0.25) is 0 Å². The van der Waals surface area contributed by atoms with E-state index in [1.54, 1.807) is 30.3 Å². The summed E-state index contributed by atoms with van der Waals surface area (Å²) in [5.74, 6) is -0.0313. The lowest BCUT2D eigenvalue weighted by Crippen LogP contribution is -2.03. The summed E-state index contributed by atoms with van der Waals surface area (Å²) in [4.78, 5) is 21.7. The molecule has 0 aliphatic heterocycles. The second kappa shape index (κ2) is 6.47. The maximum atomic E-state index is 11.6. The van der Waals surface area contributed by atoms with Crippen LogP contribution in [-0.2, 0) is 4.79 Å². The molecule has 2 aromatic rings. The van der Waals surface area contributed by atoms with Crippen molar-refractivity contribution in [3.63, 3.8) is 0 Å². The molecule has 0 aliphatic rings. The minimum absolute atomic E-state index is 0.00869. The van der Waals surface area contributed by atoms with Crippen LogP contribution in [0, 0.1) is 17.0 Å². The van der Waals surface area contributed by atoms with E-state index in [1.165, 1.54) is 18.2 Å². The average Bonchev–Trinajstić information content (AvgIpc) is 2.48. The maximum absolute atomic E-state index is 11.6. The van der Waals surface area contributed by atoms with Gasteiger partial charge in [0.2, 0.25) is 0 Å². The zero-order valence-corrected chi connectivity index (χ0v) is 11.4. The van der Waals surface area contributed by atoms with Crippen molar-refractivity contribution >= 4 is 17.7 Å². The Hall–Kier alpha value is -2.95. The molecule has 0 unspecified atom stereocenters. The van der Waals surface area contributed by atoms with E-state index in [-0.39, 0.29) is 5.69 Å². The van der Waals surface area contributed by atoms with E-state index in [0.717, 1.165) is 5.56 Å². The quantitative estimate of drug-likeness (QED) is 0.283. The number of hydrogen-bond acceptors (Lipinski definition) is 4. The van der Waals surface area contributed by atoms with Crippen molar-refractivity contribution < 1.29 is 14.5 Å². The number of esters is 1. The third-order valence-corrected chi connectivity index (χ3v) is 2.76. The molecule has 5 nitrogen and oxygen atoms in total. The summed E-state index contributed by atoms with van der Waals surface area (Å²) < 4.78 is 5.12. The zero-order chi connectivity index (χ0) is 15.2. The lowest BCUT2D eigenvalue weighted by Gasteiger charge is -2.01. The van der Waals surface area contributed by atoms with E-state index in [9.17, 15) is 14.9 Å². The zero-order valence-electron chi connectivity index (χ0n) is 11.4. The molecule has 0 amide bonds. The molecule has 2 aromatic carbocycles. The lowest BCUT2D eigenvalue weighted by molar-refractivity contribution is -0.384. The van der Waals surface area contributed by atoms with Crippen LogP contribution in [0.15, 0.2) is 54.6 Å². The highest BCUT2D eigenvalue weighted by molar-refractivity contribution is 5.88. The highest BCUT2D eigenvalue weighted by Gasteiger charge is 2.03. The molecule has 106 valence electrons. The predicted molar refractivity (Wildman–Crippen MR) is 78.9 cm³/mol. The number of carbonyl (C=O) groups excluding carboxylic acids is 1. The summed E-state index contributed by atoms with van der Waals surface area (Å²) in [5, 5.41) is 10.5. The average molecular weight is 283 g/mol. The predicted octanol–water partition coefficient (Wildman–Crippen LogP) is 3.52. The van der Waals surface area contributed by atoms with Gasteiger partial charge >= 0.3 is 5.97 Å². The van der Waals surface area contributed by atoms with Gasteiger partial charge in [0.1, 0.15) is 5.75 Å². The molecule has 0 bridgehead atoms. The minimum atomic E-state index is -0.503. The third kappa shape index (κ3) is 4.28. The molecule has 0 spiro atoms. The van der Waals surface area contributed by atoms with Gasteiger partial charge in [-0.1, -0.05) is 17.7 Å². The topological polar surface area (TPSA) is 69.4 Å². The van der Waals surface area contributed by atoms with Gasteiger partial charge in [-0.2, -0.15) is 0 Å². The molecule has 0 N–H and O–H groups in total. The summed E-state index contributed by atoms with van der Waals surface area (Å²) in [6.45, 7) is 1.94. The first-order valence-electron chi connectivity index (χ1n) is 6.25. The van der Waals surface area contributed by atoms with Crippen LogP contribution in [0.1, 0.15) is 11.1 Å². The number of benzene rings is 2. The Labute approximate surface area is 121 Å². The van der Waals surface area contributed by atoms with Crippen LogP contribution in [0.25, 0.3) is 6.08 Å². The normalized spacial score (nSPS) is 10.5. The van der Waals surface area contributed by atoms with E-state index >= 15 is 0 Å². The highest BCUT2D eigenvalue weighted by Crippen LogP contribution is 2.14. The minimum Gasteiger partial charge on any atom is -0.423 e. The molecule has 21 heavy (non-hydrogen) atoms. The molecule has 5 heteroatoms. The largest absolute Gasteiger partial charge is 0.423 e. The summed E-state index contributed by atoms with van der Waals surface area (Å²) in [6.07, 6.45) is 2.82. The fourth-order valence-electron chi connectivity index (χ4n) is 1.63. The molecule has 0 aliphatic carbocycles. The van der Waals surface area contributed by atoms with Gasteiger partial charge in [0, 0.05) is 18.2 Å². The Kier molecular flexibility index (Phi) is 4.46. The van der Waals surface area contributed by atoms with Crippen LogP contribution < -0.4 is 4.74 Å². The monoisotopic (exact) mass is 283 g/mol. The Bertz CT molecular complexity index is 672. The first-order valence-corrected chi connectivity index (χ1v) is 6.25. The summed E-state index contributed by atoms with van der Waals surface area (Å²) in [6, 6.07) is 13.0. The molecule has 0 radical (unpaired) electrons. The van der Waals surface area contributed by atoms with Gasteiger partial charge in [-0.15, -0.1) is 0 Å². The van der Waals surface area contributed by atoms with Crippen LogP contribution in [0.4, 0.5) is 5.69 Å². The number of ether oxygens (including phenoxy) is 1. The van der Waals surface area contributed by atoms with Crippen molar-refractivity contribution in [1.29, 1.82) is 0 Å². The maximum Gasteiger partial charge on any atom is 0.336 e. The SMILES string of the molecule is Cc1ccc(OC(=O)C=Cc2ccc([N+](=O)[O-])cc2)cc1. The van der Waals surface area contributed by atoms with E-state index in [0.29, 0.717) is 11.3 Å². The van der Waals surface area contributed by atoms with Crippen LogP contribution >= 0.6 is 0 Å². The van der Waals surface area contributed by atoms with Gasteiger partial charge in [-0.25, -0.2) is 4.79 Å². The molecule has 2 rings (SSSR count). The fourth-order valence-corrected chi connectivity index (χ4v) is 1.63. The van der Waals surface area contributed by atoms with Gasteiger partial charge in [0.15, 0.2) is 0 Å². The van der Waals surface area contributed by atoms with Crippen molar-refractivity contribution in [3.8, 4) is 5.75 Å². The number of aryl methyl sites for hydroxylation is 1. The second-order valence-corrected chi connectivity index (χ2v) is 4.42. The van der Waals surface area contributed by atoms with Gasteiger partial charge in [-0.3, -0.25) is 10.1 Å². The molecule has 0 atom stereocenters. The number of hydrogen-bond donors (Lipinski definition) is 0. The van der Waals surface area contributed by atoms with Crippen LogP contribution in [-0.4, -0.2) is 10.9 Å². The molecule has 0 fully saturated rings. The van der Waals surface area contributed by atoms with Crippen molar-refractivity contribution in [1.82, 2.24) is 0 Å². The third-order valence-electron chi connectivity index (χ3n) is 2.76. The number of nitrogens with zero attached hydrogens (tertiary/aromatic N) is 1. The number of non-ortho nitro benzene ring substituents is 1. The molecule has 0 aromatic heterocycles. The number of nitro groups is 1. The number of rotatable bonds is 4. The molecule has 0 heterocycles. The standard InChI is InChI=1S/C16H13NO4/c1-12-2-9-15(10-3-12)21-16(18)11-6-13-4-7-14(8-5-13)17(19)20/h2-11H,1H3. The van der Waals surface area contributed by atoms with Crippen LogP contribution in [0.5, 0.6) is 5.75 Å². The van der Waals surface area contributed by atoms with Crippen molar-refractivity contribution in [3.05, 3.63) is 75.8 Å². The summed E-state index contributed by atoms with van der Waals surface area (Å²) in [7, 11) is 0. The van der Waals surface area contributed by atoms with Crippen molar-refractivity contribution in [2.24, 2.45) is 0 Å². The first-order chi connectivity index (χ1) is 10.0. The number of carbonyl (C=O) groups is 1. The fraction of sp³-hybridized carbons (Fsp3) is 0.0625. The van der Waals surface area contributed by atoms with Gasteiger partial charge in [0.05, 0.1) is 4.92 Å². The van der Waals surface area contributed by atoms with Gasteiger partial charge in [0.25, 0.3) is 5.69 Å². The first kappa shape index (κ1) is 14.5. The lowest BCUT2D eigenvalue weighted by atomic mass is 10.2. The van der Waals surface area contributed by atoms with Crippen molar-refractivity contribution in [2.45, 2.75) is 6.92 Å². The molecular weight excluding hydrogens is 270 g/mol. The Balaban J connectivity index is 1.98. The molecular formula is C16H13NO4. The number of nitro benzene ring substituents is 1. The van der Waals surface area contributed by atoms with E-state index < -0.39 is 10.9 Å².